The summed E-state index contributed by atoms with van der Waals surface area (Å²) in [6.45, 7) is 6.16. The van der Waals surface area contributed by atoms with Gasteiger partial charge in [-0.05, 0) is 36.6 Å². The molecule has 2 rings (SSSR count). The van der Waals surface area contributed by atoms with Crippen LogP contribution < -0.4 is 0 Å². The van der Waals surface area contributed by atoms with E-state index in [-0.39, 0.29) is 5.56 Å². The summed E-state index contributed by atoms with van der Waals surface area (Å²) in [6, 6.07) is 10.0. The summed E-state index contributed by atoms with van der Waals surface area (Å²) in [4.78, 5) is 17.0. The Morgan fingerprint density at radius 3 is 2.45 bits per heavy atom. The number of rotatable bonds is 4. The zero-order valence-electron chi connectivity index (χ0n) is 11.8. The largest absolute Gasteiger partial charge is 0.478 e. The highest BCUT2D eigenvalue weighted by molar-refractivity contribution is 7.99. The van der Waals surface area contributed by atoms with Crippen LogP contribution in [0.3, 0.4) is 0 Å². The van der Waals surface area contributed by atoms with E-state index < -0.39 is 5.97 Å². The maximum Gasteiger partial charge on any atom is 0.338 e. The second-order valence-corrected chi connectivity index (χ2v) is 6.07. The molecule has 4 heteroatoms. The van der Waals surface area contributed by atoms with Crippen molar-refractivity contribution in [1.82, 2.24) is 4.98 Å². The molecule has 0 unspecified atom stereocenters. The fraction of sp³-hybridized carbons (Fsp3) is 0.250. The summed E-state index contributed by atoms with van der Waals surface area (Å²) < 4.78 is 0. The molecule has 1 aromatic carbocycles. The van der Waals surface area contributed by atoms with E-state index in [1.807, 2.05) is 25.1 Å². The molecule has 0 aliphatic carbocycles. The Bertz CT molecular complexity index is 621. The lowest BCUT2D eigenvalue weighted by atomic mass is 10.0. The molecular formula is C16H17NO2S. The molecule has 0 radical (unpaired) electrons. The molecule has 0 amide bonds. The lowest BCUT2D eigenvalue weighted by Crippen LogP contribution is -2.00. The van der Waals surface area contributed by atoms with E-state index in [0.717, 1.165) is 15.5 Å². The van der Waals surface area contributed by atoms with Crippen LogP contribution in [0.15, 0.2) is 46.3 Å². The number of nitrogens with zero attached hydrogens (tertiary/aromatic N) is 1. The molecule has 0 bridgehead atoms. The maximum absolute atomic E-state index is 11.2. The predicted molar refractivity (Wildman–Crippen MR) is 80.6 cm³/mol. The number of aryl methyl sites for hydroxylation is 1. The summed E-state index contributed by atoms with van der Waals surface area (Å²) in [5.41, 5.74) is 2.34. The highest BCUT2D eigenvalue weighted by atomic mass is 32.2. The molecule has 104 valence electrons. The van der Waals surface area contributed by atoms with Crippen molar-refractivity contribution in [2.75, 3.05) is 0 Å². The van der Waals surface area contributed by atoms with E-state index in [2.05, 4.69) is 31.0 Å². The van der Waals surface area contributed by atoms with Crippen LogP contribution >= 0.6 is 11.8 Å². The van der Waals surface area contributed by atoms with Gasteiger partial charge in [-0.3, -0.25) is 4.98 Å². The van der Waals surface area contributed by atoms with E-state index in [4.69, 9.17) is 0 Å². The van der Waals surface area contributed by atoms with Crippen LogP contribution in [0.25, 0.3) is 0 Å². The van der Waals surface area contributed by atoms with Gasteiger partial charge in [0.2, 0.25) is 0 Å². The van der Waals surface area contributed by atoms with Gasteiger partial charge in [-0.2, -0.15) is 0 Å². The van der Waals surface area contributed by atoms with Crippen LogP contribution in [0.1, 0.15) is 41.4 Å². The number of aromatic carboxylic acids is 1. The smallest absolute Gasteiger partial charge is 0.338 e. The average Bonchev–Trinajstić information content (AvgIpc) is 2.39. The van der Waals surface area contributed by atoms with E-state index in [0.29, 0.717) is 5.92 Å². The number of hydrogen-bond acceptors (Lipinski definition) is 3. The van der Waals surface area contributed by atoms with Gasteiger partial charge in [0, 0.05) is 21.7 Å². The fourth-order valence-electron chi connectivity index (χ4n) is 1.83. The number of pyridine rings is 1. The van der Waals surface area contributed by atoms with Gasteiger partial charge < -0.3 is 5.11 Å². The first-order chi connectivity index (χ1) is 9.47. The number of benzene rings is 1. The Morgan fingerprint density at radius 2 is 1.90 bits per heavy atom. The molecule has 0 fully saturated rings. The van der Waals surface area contributed by atoms with Gasteiger partial charge in [-0.25, -0.2) is 4.79 Å². The molecule has 3 nitrogen and oxygen atoms in total. The minimum Gasteiger partial charge on any atom is -0.478 e. The second-order valence-electron chi connectivity index (χ2n) is 4.95. The van der Waals surface area contributed by atoms with Crippen molar-refractivity contribution < 1.29 is 9.90 Å². The van der Waals surface area contributed by atoms with Crippen molar-refractivity contribution in [2.45, 2.75) is 36.5 Å². The van der Waals surface area contributed by atoms with E-state index in [9.17, 15) is 9.90 Å². The van der Waals surface area contributed by atoms with Crippen LogP contribution in [0, 0.1) is 6.92 Å². The third-order valence-electron chi connectivity index (χ3n) is 3.01. The summed E-state index contributed by atoms with van der Waals surface area (Å²) in [5, 5.41) is 9.20. The van der Waals surface area contributed by atoms with E-state index in [1.165, 1.54) is 23.5 Å². The lowest BCUT2D eigenvalue weighted by Gasteiger charge is -2.09. The van der Waals surface area contributed by atoms with Gasteiger partial charge in [0.1, 0.15) is 0 Å². The van der Waals surface area contributed by atoms with Crippen LogP contribution in [0.4, 0.5) is 0 Å². The van der Waals surface area contributed by atoms with Gasteiger partial charge in [0.15, 0.2) is 0 Å². The first-order valence-corrected chi connectivity index (χ1v) is 7.27. The molecule has 0 saturated carbocycles. The highest BCUT2D eigenvalue weighted by Crippen LogP contribution is 2.31. The van der Waals surface area contributed by atoms with E-state index >= 15 is 0 Å². The molecule has 0 saturated heterocycles. The Balaban J connectivity index is 2.29. The van der Waals surface area contributed by atoms with Gasteiger partial charge in [0.25, 0.3) is 0 Å². The van der Waals surface area contributed by atoms with Gasteiger partial charge >= 0.3 is 5.97 Å². The number of carboxylic acid groups (broad SMARTS) is 1. The van der Waals surface area contributed by atoms with Crippen molar-refractivity contribution >= 4 is 17.7 Å². The topological polar surface area (TPSA) is 50.2 Å². The quantitative estimate of drug-likeness (QED) is 0.907. The number of aromatic nitrogens is 1. The van der Waals surface area contributed by atoms with Crippen LogP contribution in [0.5, 0.6) is 0 Å². The third kappa shape index (κ3) is 3.39. The minimum atomic E-state index is -0.946. The van der Waals surface area contributed by atoms with Crippen molar-refractivity contribution in [2.24, 2.45) is 0 Å². The Labute approximate surface area is 123 Å². The summed E-state index contributed by atoms with van der Waals surface area (Å²) >= 11 is 1.46. The zero-order chi connectivity index (χ0) is 14.7. The van der Waals surface area contributed by atoms with Gasteiger partial charge in [-0.15, -0.1) is 0 Å². The van der Waals surface area contributed by atoms with Crippen LogP contribution in [-0.4, -0.2) is 16.1 Å². The molecule has 1 N–H and O–H groups in total. The predicted octanol–water partition coefficient (Wildman–Crippen LogP) is 4.36. The summed E-state index contributed by atoms with van der Waals surface area (Å²) in [6.07, 6.45) is 1.42. The van der Waals surface area contributed by atoms with Gasteiger partial charge in [0.05, 0.1) is 5.56 Å². The number of hydrogen-bond donors (Lipinski definition) is 1. The van der Waals surface area contributed by atoms with Crippen molar-refractivity contribution in [3.8, 4) is 0 Å². The Morgan fingerprint density at radius 1 is 1.25 bits per heavy atom. The molecule has 20 heavy (non-hydrogen) atoms. The molecule has 0 aliphatic heterocycles. The highest BCUT2D eigenvalue weighted by Gasteiger charge is 2.12. The Kier molecular flexibility index (Phi) is 4.45. The summed E-state index contributed by atoms with van der Waals surface area (Å²) in [5.74, 6) is -0.453. The van der Waals surface area contributed by atoms with Crippen molar-refractivity contribution in [3.05, 3.63) is 53.3 Å². The molecule has 0 spiro atoms. The van der Waals surface area contributed by atoms with Gasteiger partial charge in [-0.1, -0.05) is 37.7 Å². The van der Waals surface area contributed by atoms with Crippen molar-refractivity contribution in [3.63, 3.8) is 0 Å². The maximum atomic E-state index is 11.2. The minimum absolute atomic E-state index is 0.244. The lowest BCUT2D eigenvalue weighted by molar-refractivity contribution is 0.0692. The third-order valence-corrected chi connectivity index (χ3v) is 4.07. The molecular weight excluding hydrogens is 270 g/mol. The van der Waals surface area contributed by atoms with Crippen molar-refractivity contribution in [1.29, 1.82) is 0 Å². The molecule has 1 heterocycles. The first-order valence-electron chi connectivity index (χ1n) is 6.45. The molecule has 1 aromatic heterocycles. The standard InChI is InChI=1S/C16H17NO2S/c1-10(2)12-4-6-13(7-5-12)20-15-8-11(3)17-9-14(15)16(18)19/h4-10H,1-3H3,(H,18,19). The van der Waals surface area contributed by atoms with E-state index in [1.54, 1.807) is 0 Å². The fourth-order valence-corrected chi connectivity index (χ4v) is 2.83. The van der Waals surface area contributed by atoms with Crippen LogP contribution in [0.2, 0.25) is 0 Å². The first kappa shape index (κ1) is 14.6. The monoisotopic (exact) mass is 287 g/mol. The SMILES string of the molecule is Cc1cc(Sc2ccc(C(C)C)cc2)c(C(=O)O)cn1. The average molecular weight is 287 g/mol. The number of carbonyl (C=O) groups is 1. The molecule has 0 aliphatic rings. The second kappa shape index (κ2) is 6.09. The van der Waals surface area contributed by atoms with Crippen LogP contribution in [-0.2, 0) is 0 Å². The Hall–Kier alpha value is -1.81. The molecule has 2 aromatic rings. The zero-order valence-corrected chi connectivity index (χ0v) is 12.6. The normalized spacial score (nSPS) is 10.8. The molecule has 0 atom stereocenters. The number of carboxylic acids is 1. The summed E-state index contributed by atoms with van der Waals surface area (Å²) in [7, 11) is 0.